The summed E-state index contributed by atoms with van der Waals surface area (Å²) in [4.78, 5) is 17.8. The lowest BCUT2D eigenvalue weighted by atomic mass is 9.94. The summed E-state index contributed by atoms with van der Waals surface area (Å²) in [5.41, 5.74) is 4.40. The number of nitrogens with one attached hydrogen (secondary N) is 1. The fourth-order valence-electron chi connectivity index (χ4n) is 5.01. The highest BCUT2D eigenvalue weighted by Gasteiger charge is 2.26. The average Bonchev–Trinajstić information content (AvgIpc) is 2.89. The van der Waals surface area contributed by atoms with Crippen LogP contribution in [0.25, 0.3) is 0 Å². The van der Waals surface area contributed by atoms with E-state index < -0.39 is 0 Å². The molecule has 7 nitrogen and oxygen atoms in total. The highest BCUT2D eigenvalue weighted by Crippen LogP contribution is 2.32. The van der Waals surface area contributed by atoms with E-state index in [1.165, 1.54) is 16.7 Å². The van der Waals surface area contributed by atoms with Gasteiger partial charge < -0.3 is 24.4 Å². The first-order valence-corrected chi connectivity index (χ1v) is 13.4. The lowest BCUT2D eigenvalue weighted by molar-refractivity contribution is 0.0895. The SMILES string of the molecule is COc1cc(OCCCCN(C)C)cc(C(=O)NC2CCN(C(C)c3ccc(OC)c(C)c3C)CC2)c1. The Bertz CT molecular complexity index is 1030. The van der Waals surface area contributed by atoms with Crippen molar-refractivity contribution in [3.05, 3.63) is 52.6 Å². The van der Waals surface area contributed by atoms with E-state index in [9.17, 15) is 4.79 Å². The predicted octanol–water partition coefficient (Wildman–Crippen LogP) is 5.00. The lowest BCUT2D eigenvalue weighted by Crippen LogP contribution is -2.45. The number of carbonyl (C=O) groups excluding carboxylic acids is 1. The molecule has 204 valence electrons. The average molecular weight is 512 g/mol. The van der Waals surface area contributed by atoms with Crippen molar-refractivity contribution < 1.29 is 19.0 Å². The highest BCUT2D eigenvalue weighted by molar-refractivity contribution is 5.95. The zero-order valence-electron chi connectivity index (χ0n) is 23.7. The number of methoxy groups -OCH3 is 2. The van der Waals surface area contributed by atoms with Crippen molar-refractivity contribution in [2.75, 3.05) is 54.6 Å². The molecule has 1 fully saturated rings. The van der Waals surface area contributed by atoms with Gasteiger partial charge in [-0.2, -0.15) is 0 Å². The molecule has 1 atom stereocenters. The molecule has 1 unspecified atom stereocenters. The van der Waals surface area contributed by atoms with E-state index >= 15 is 0 Å². The molecule has 37 heavy (non-hydrogen) atoms. The van der Waals surface area contributed by atoms with Gasteiger partial charge in [-0.15, -0.1) is 0 Å². The maximum atomic E-state index is 13.1. The van der Waals surface area contributed by atoms with Crippen molar-refractivity contribution in [1.82, 2.24) is 15.1 Å². The number of ether oxygens (including phenoxy) is 3. The number of unbranched alkanes of at least 4 members (excludes halogenated alkanes) is 1. The van der Waals surface area contributed by atoms with Crippen LogP contribution in [0, 0.1) is 13.8 Å². The predicted molar refractivity (Wildman–Crippen MR) is 149 cm³/mol. The van der Waals surface area contributed by atoms with E-state index in [0.29, 0.717) is 29.7 Å². The van der Waals surface area contributed by atoms with E-state index in [4.69, 9.17) is 14.2 Å². The molecule has 1 aliphatic rings. The molecule has 0 aliphatic carbocycles. The molecule has 1 saturated heterocycles. The molecule has 0 aromatic heterocycles. The second-order valence-corrected chi connectivity index (χ2v) is 10.3. The van der Waals surface area contributed by atoms with Crippen molar-refractivity contribution in [3.63, 3.8) is 0 Å². The second kappa shape index (κ2) is 13.7. The van der Waals surface area contributed by atoms with Crippen LogP contribution in [-0.2, 0) is 0 Å². The molecule has 2 aromatic rings. The van der Waals surface area contributed by atoms with Crippen LogP contribution < -0.4 is 19.5 Å². The largest absolute Gasteiger partial charge is 0.497 e. The summed E-state index contributed by atoms with van der Waals surface area (Å²) in [5, 5.41) is 3.24. The van der Waals surface area contributed by atoms with Gasteiger partial charge in [-0.05, 0) is 102 Å². The number of hydrogen-bond donors (Lipinski definition) is 1. The number of likely N-dealkylation sites (tertiary alicyclic amines) is 1. The van der Waals surface area contributed by atoms with Crippen molar-refractivity contribution in [3.8, 4) is 17.2 Å². The topological polar surface area (TPSA) is 63.3 Å². The maximum absolute atomic E-state index is 13.1. The molecule has 0 spiro atoms. The fraction of sp³-hybridized carbons (Fsp3) is 0.567. The van der Waals surface area contributed by atoms with Gasteiger partial charge in [-0.1, -0.05) is 6.07 Å². The van der Waals surface area contributed by atoms with E-state index in [2.05, 4.69) is 62.1 Å². The molecule has 7 heteroatoms. The minimum absolute atomic E-state index is 0.0792. The van der Waals surface area contributed by atoms with Gasteiger partial charge in [0.1, 0.15) is 17.2 Å². The van der Waals surface area contributed by atoms with Gasteiger partial charge in [0, 0.05) is 36.8 Å². The molecule has 1 heterocycles. The number of piperidine rings is 1. The van der Waals surface area contributed by atoms with E-state index in [-0.39, 0.29) is 11.9 Å². The molecule has 0 radical (unpaired) electrons. The summed E-state index contributed by atoms with van der Waals surface area (Å²) in [7, 11) is 7.47. The summed E-state index contributed by atoms with van der Waals surface area (Å²) in [6, 6.07) is 10.1. The van der Waals surface area contributed by atoms with Gasteiger partial charge in [0.25, 0.3) is 5.91 Å². The van der Waals surface area contributed by atoms with Crippen molar-refractivity contribution in [2.45, 2.75) is 58.5 Å². The number of benzene rings is 2. The molecule has 1 aliphatic heterocycles. The van der Waals surface area contributed by atoms with Crippen LogP contribution in [0.4, 0.5) is 0 Å². The second-order valence-electron chi connectivity index (χ2n) is 10.3. The molecule has 2 aromatic carbocycles. The van der Waals surface area contributed by atoms with Crippen molar-refractivity contribution >= 4 is 5.91 Å². The third-order valence-electron chi connectivity index (χ3n) is 7.51. The summed E-state index contributed by atoms with van der Waals surface area (Å²) in [6.07, 6.45) is 3.87. The Morgan fingerprint density at radius 2 is 1.73 bits per heavy atom. The van der Waals surface area contributed by atoms with Gasteiger partial charge in [0.15, 0.2) is 0 Å². The summed E-state index contributed by atoms with van der Waals surface area (Å²) in [5.74, 6) is 2.16. The third-order valence-corrected chi connectivity index (χ3v) is 7.51. The molecule has 0 bridgehead atoms. The van der Waals surface area contributed by atoms with Crippen LogP contribution >= 0.6 is 0 Å². The van der Waals surface area contributed by atoms with Crippen LogP contribution in [0.5, 0.6) is 17.2 Å². The van der Waals surface area contributed by atoms with Crippen LogP contribution in [0.15, 0.2) is 30.3 Å². The van der Waals surface area contributed by atoms with Crippen molar-refractivity contribution in [1.29, 1.82) is 0 Å². The molecular formula is C30H45N3O4. The lowest BCUT2D eigenvalue weighted by Gasteiger charge is -2.37. The first kappa shape index (κ1) is 28.8. The van der Waals surface area contributed by atoms with Gasteiger partial charge >= 0.3 is 0 Å². The van der Waals surface area contributed by atoms with Gasteiger partial charge in [0.2, 0.25) is 0 Å². The molecule has 0 saturated carbocycles. The minimum Gasteiger partial charge on any atom is -0.497 e. The zero-order valence-corrected chi connectivity index (χ0v) is 23.7. The monoisotopic (exact) mass is 511 g/mol. The Kier molecular flexibility index (Phi) is 10.6. The van der Waals surface area contributed by atoms with Crippen LogP contribution in [0.1, 0.15) is 65.7 Å². The molecular weight excluding hydrogens is 466 g/mol. The Labute approximate surface area is 223 Å². The fourth-order valence-corrected chi connectivity index (χ4v) is 5.01. The zero-order chi connectivity index (χ0) is 26.9. The van der Waals surface area contributed by atoms with E-state index in [1.807, 2.05) is 12.1 Å². The van der Waals surface area contributed by atoms with Gasteiger partial charge in [-0.25, -0.2) is 0 Å². The molecule has 3 rings (SSSR count). The van der Waals surface area contributed by atoms with Crippen LogP contribution in [-0.4, -0.2) is 76.3 Å². The summed E-state index contributed by atoms with van der Waals surface area (Å²) in [6.45, 7) is 10.1. The summed E-state index contributed by atoms with van der Waals surface area (Å²) < 4.78 is 16.8. The first-order chi connectivity index (χ1) is 17.7. The molecule has 1 N–H and O–H groups in total. The quantitative estimate of drug-likeness (QED) is 0.405. The van der Waals surface area contributed by atoms with Crippen LogP contribution in [0.2, 0.25) is 0 Å². The normalized spacial score (nSPS) is 15.5. The summed E-state index contributed by atoms with van der Waals surface area (Å²) >= 11 is 0. The maximum Gasteiger partial charge on any atom is 0.251 e. The number of rotatable bonds is 12. The third kappa shape index (κ3) is 7.86. The van der Waals surface area contributed by atoms with Gasteiger partial charge in [0.05, 0.1) is 20.8 Å². The Balaban J connectivity index is 1.55. The van der Waals surface area contributed by atoms with E-state index in [1.54, 1.807) is 20.3 Å². The van der Waals surface area contributed by atoms with Gasteiger partial charge in [-0.3, -0.25) is 9.69 Å². The Morgan fingerprint density at radius 1 is 1.03 bits per heavy atom. The Morgan fingerprint density at radius 3 is 2.38 bits per heavy atom. The number of amides is 1. The molecule has 1 amide bonds. The standard InChI is InChI=1S/C30H45N3O4/c1-21-22(2)29(36-7)11-10-28(21)23(3)33-15-12-25(13-16-33)31-30(34)24-18-26(35-6)20-27(19-24)37-17-9-8-14-32(4)5/h10-11,18-20,23,25H,8-9,12-17H2,1-7H3,(H,31,34). The number of hydrogen-bond acceptors (Lipinski definition) is 6. The van der Waals surface area contributed by atoms with E-state index in [0.717, 1.165) is 51.1 Å². The van der Waals surface area contributed by atoms with Crippen LogP contribution in [0.3, 0.4) is 0 Å². The smallest absolute Gasteiger partial charge is 0.251 e. The minimum atomic E-state index is -0.0792. The Hall–Kier alpha value is -2.77. The van der Waals surface area contributed by atoms with Crippen molar-refractivity contribution in [2.24, 2.45) is 0 Å². The first-order valence-electron chi connectivity index (χ1n) is 13.4. The number of nitrogens with zero attached hydrogens (tertiary/aromatic N) is 2. The number of carbonyl (C=O) groups is 1. The highest BCUT2D eigenvalue weighted by atomic mass is 16.5.